The summed E-state index contributed by atoms with van der Waals surface area (Å²) in [6.07, 6.45) is 4.58. The van der Waals surface area contributed by atoms with Crippen molar-refractivity contribution < 1.29 is 28.6 Å². The number of rotatable bonds is 10. The number of ether oxygens (including phenoxy) is 3. The first kappa shape index (κ1) is 25.6. The van der Waals surface area contributed by atoms with E-state index in [9.17, 15) is 14.4 Å². The Hall–Kier alpha value is -2.62. The molecule has 0 bridgehead atoms. The van der Waals surface area contributed by atoms with Crippen molar-refractivity contribution in [3.05, 3.63) is 16.9 Å². The highest BCUT2D eigenvalue weighted by Gasteiger charge is 2.35. The highest BCUT2D eigenvalue weighted by molar-refractivity contribution is 6.31. The average Bonchev–Trinajstić information content (AvgIpc) is 2.77. The van der Waals surface area contributed by atoms with Crippen molar-refractivity contribution in [3.8, 4) is 0 Å². The Balaban J connectivity index is 2.09. The maximum Gasteiger partial charge on any atom is 0.409 e. The Morgan fingerprint density at radius 3 is 2.41 bits per heavy atom. The fourth-order valence-corrected chi connectivity index (χ4v) is 3.74. The van der Waals surface area contributed by atoms with Gasteiger partial charge < -0.3 is 24.4 Å². The number of halogens is 1. The van der Waals surface area contributed by atoms with E-state index in [-0.39, 0.29) is 42.0 Å². The van der Waals surface area contributed by atoms with Crippen molar-refractivity contribution >= 4 is 35.6 Å². The molecule has 178 valence electrons. The molecule has 11 heteroatoms. The number of carbonyl (C=O) groups is 3. The van der Waals surface area contributed by atoms with Gasteiger partial charge >= 0.3 is 18.0 Å². The lowest BCUT2D eigenvalue weighted by atomic mass is 10.00. The first-order valence-electron chi connectivity index (χ1n) is 11.0. The van der Waals surface area contributed by atoms with Gasteiger partial charge in [0.05, 0.1) is 36.7 Å². The van der Waals surface area contributed by atoms with Crippen LogP contribution in [0.3, 0.4) is 0 Å². The summed E-state index contributed by atoms with van der Waals surface area (Å²) < 4.78 is 15.2. The molecule has 1 amide bonds. The van der Waals surface area contributed by atoms with E-state index in [1.807, 2.05) is 0 Å². The van der Waals surface area contributed by atoms with E-state index in [0.717, 1.165) is 19.3 Å². The topological polar surface area (TPSA) is 120 Å². The van der Waals surface area contributed by atoms with Crippen LogP contribution in [-0.4, -0.2) is 71.9 Å². The zero-order valence-corrected chi connectivity index (χ0v) is 19.5. The molecule has 32 heavy (non-hydrogen) atoms. The summed E-state index contributed by atoms with van der Waals surface area (Å²) in [6, 6.07) is 0.0499. The van der Waals surface area contributed by atoms with Crippen molar-refractivity contribution in [3.63, 3.8) is 0 Å². The third kappa shape index (κ3) is 6.94. The summed E-state index contributed by atoms with van der Waals surface area (Å²) in [6.45, 7) is 6.75. The molecule has 0 aromatic carbocycles. The lowest BCUT2D eigenvalue weighted by Crippen LogP contribution is -2.44. The molecule has 1 aromatic heterocycles. The van der Waals surface area contributed by atoms with Crippen LogP contribution in [0.1, 0.15) is 58.1 Å². The van der Waals surface area contributed by atoms with Gasteiger partial charge in [-0.25, -0.2) is 14.8 Å². The van der Waals surface area contributed by atoms with E-state index in [1.54, 1.807) is 25.7 Å². The highest BCUT2D eigenvalue weighted by atomic mass is 35.5. The molecular weight excluding hydrogens is 440 g/mol. The molecule has 10 nitrogen and oxygen atoms in total. The molecule has 1 atom stereocenters. The van der Waals surface area contributed by atoms with E-state index in [0.29, 0.717) is 26.1 Å². The molecule has 1 N–H and O–H groups in total. The second-order valence-corrected chi connectivity index (χ2v) is 7.53. The number of piperidine rings is 1. The number of aromatic nitrogens is 2. The number of esters is 2. The molecule has 0 saturated carbocycles. The zero-order chi connectivity index (χ0) is 23.5. The summed E-state index contributed by atoms with van der Waals surface area (Å²) in [5.74, 6) is -2.76. The normalized spacial score (nSPS) is 15.9. The van der Waals surface area contributed by atoms with Crippen LogP contribution in [0.5, 0.6) is 0 Å². The van der Waals surface area contributed by atoms with Crippen LogP contribution in [0.4, 0.5) is 10.7 Å². The predicted molar refractivity (Wildman–Crippen MR) is 118 cm³/mol. The number of amides is 1. The zero-order valence-electron chi connectivity index (χ0n) is 18.8. The molecule has 1 aromatic rings. The smallest absolute Gasteiger partial charge is 0.409 e. The van der Waals surface area contributed by atoms with Crippen LogP contribution in [0.2, 0.25) is 5.02 Å². The number of anilines is 1. The van der Waals surface area contributed by atoms with Crippen molar-refractivity contribution in [1.29, 1.82) is 0 Å². The number of nitrogens with zero attached hydrogens (tertiary/aromatic N) is 3. The monoisotopic (exact) mass is 470 g/mol. The fraction of sp³-hybridized carbons (Fsp3) is 0.667. The van der Waals surface area contributed by atoms with Gasteiger partial charge in [0.25, 0.3) is 0 Å². The highest BCUT2D eigenvalue weighted by Crippen LogP contribution is 2.26. The van der Waals surface area contributed by atoms with Crippen molar-refractivity contribution in [2.24, 2.45) is 0 Å². The summed E-state index contributed by atoms with van der Waals surface area (Å²) in [5, 5.41) is 3.14. The molecular formula is C21H31ClN4O6. The molecule has 2 heterocycles. The molecule has 0 aliphatic carbocycles. The van der Waals surface area contributed by atoms with Gasteiger partial charge in [-0.1, -0.05) is 11.6 Å². The number of hydrogen-bond donors (Lipinski definition) is 1. The second kappa shape index (κ2) is 13.0. The van der Waals surface area contributed by atoms with Crippen LogP contribution < -0.4 is 5.32 Å². The largest absolute Gasteiger partial charge is 0.465 e. The third-order valence-electron chi connectivity index (χ3n) is 4.98. The minimum Gasteiger partial charge on any atom is -0.465 e. The van der Waals surface area contributed by atoms with Gasteiger partial charge in [0, 0.05) is 19.1 Å². The molecule has 1 saturated heterocycles. The fourth-order valence-electron chi connectivity index (χ4n) is 3.54. The molecule has 1 fully saturated rings. The molecule has 2 rings (SSSR count). The first-order valence-corrected chi connectivity index (χ1v) is 11.3. The average molecular weight is 471 g/mol. The van der Waals surface area contributed by atoms with Gasteiger partial charge in [-0.05, 0) is 46.5 Å². The Labute approximate surface area is 193 Å². The van der Waals surface area contributed by atoms with Crippen molar-refractivity contribution in [2.75, 3.05) is 38.2 Å². The summed E-state index contributed by atoms with van der Waals surface area (Å²) >= 11 is 6.19. The van der Waals surface area contributed by atoms with Gasteiger partial charge in [-0.2, -0.15) is 0 Å². The number of likely N-dealkylation sites (tertiary alicyclic amines) is 1. The predicted octanol–water partition coefficient (Wildman–Crippen LogP) is 3.15. The maximum atomic E-state index is 12.4. The first-order chi connectivity index (χ1) is 15.4. The summed E-state index contributed by atoms with van der Waals surface area (Å²) in [4.78, 5) is 47.1. The number of carbonyl (C=O) groups excluding carboxylic acids is 3. The number of hydrogen-bond acceptors (Lipinski definition) is 9. The molecule has 0 spiro atoms. The van der Waals surface area contributed by atoms with E-state index < -0.39 is 17.9 Å². The Morgan fingerprint density at radius 2 is 1.78 bits per heavy atom. The molecule has 1 unspecified atom stereocenters. The van der Waals surface area contributed by atoms with Crippen LogP contribution >= 0.6 is 11.6 Å². The molecule has 1 aliphatic heterocycles. The van der Waals surface area contributed by atoms with E-state index >= 15 is 0 Å². The quantitative estimate of drug-likeness (QED) is 0.312. The minimum absolute atomic E-state index is 0.0203. The van der Waals surface area contributed by atoms with Crippen molar-refractivity contribution in [2.45, 2.75) is 58.4 Å². The van der Waals surface area contributed by atoms with Gasteiger partial charge in [0.15, 0.2) is 5.92 Å². The third-order valence-corrected chi connectivity index (χ3v) is 5.27. The van der Waals surface area contributed by atoms with Crippen LogP contribution in [0.15, 0.2) is 6.20 Å². The van der Waals surface area contributed by atoms with Gasteiger partial charge in [-0.15, -0.1) is 0 Å². The van der Waals surface area contributed by atoms with Crippen molar-refractivity contribution in [1.82, 2.24) is 14.9 Å². The number of nitrogens with one attached hydrogen (secondary N) is 1. The lowest BCUT2D eigenvalue weighted by Gasteiger charge is -2.34. The summed E-state index contributed by atoms with van der Waals surface area (Å²) in [5.41, 5.74) is 0.0203. The van der Waals surface area contributed by atoms with Gasteiger partial charge in [0.2, 0.25) is 5.95 Å². The van der Waals surface area contributed by atoms with Crippen LogP contribution in [0.25, 0.3) is 0 Å². The summed E-state index contributed by atoms with van der Waals surface area (Å²) in [7, 11) is 0. The minimum atomic E-state index is -1.40. The molecule has 0 radical (unpaired) electrons. The van der Waals surface area contributed by atoms with E-state index in [2.05, 4.69) is 15.3 Å². The maximum absolute atomic E-state index is 12.4. The van der Waals surface area contributed by atoms with Gasteiger partial charge in [-0.3, -0.25) is 9.59 Å². The Kier molecular flexibility index (Phi) is 10.5. The van der Waals surface area contributed by atoms with E-state index in [4.69, 9.17) is 25.8 Å². The lowest BCUT2D eigenvalue weighted by molar-refractivity contribution is -0.157. The standard InChI is InChI=1S/C21H31ClN4O6/c1-4-30-18(27)16(19(28)31-5-2)17-15(22)13-24-20(25-17)23-11-10-14-9-7-8-12-26(14)21(29)32-6-3/h13-14,16H,4-12H2,1-3H3,(H,23,24,25). The Morgan fingerprint density at radius 1 is 1.12 bits per heavy atom. The Bertz CT molecular complexity index is 776. The SMILES string of the molecule is CCOC(=O)C(C(=O)OCC)c1nc(NCCC2CCCCN2C(=O)OCC)ncc1Cl. The van der Waals surface area contributed by atoms with Crippen LogP contribution in [-0.2, 0) is 23.8 Å². The molecule has 1 aliphatic rings. The second-order valence-electron chi connectivity index (χ2n) is 7.12. The van der Waals surface area contributed by atoms with Gasteiger partial charge in [0.1, 0.15) is 0 Å². The van der Waals surface area contributed by atoms with E-state index in [1.165, 1.54) is 6.20 Å². The van der Waals surface area contributed by atoms with Crippen LogP contribution in [0, 0.1) is 0 Å².